The van der Waals surface area contributed by atoms with Crippen molar-refractivity contribution in [1.82, 2.24) is 15.0 Å². The Labute approximate surface area is 210 Å². The number of methoxy groups -OCH3 is 1. The van der Waals surface area contributed by atoms with Gasteiger partial charge in [-0.3, -0.25) is 4.68 Å². The average molecular weight is 494 g/mol. The smallest absolute Gasteiger partial charge is 0.118 e. The first-order valence-electron chi connectivity index (χ1n) is 12.8. The van der Waals surface area contributed by atoms with Crippen molar-refractivity contribution in [2.24, 2.45) is 5.92 Å². The van der Waals surface area contributed by atoms with Crippen LogP contribution in [-0.4, -0.2) is 54.1 Å². The molecule has 1 N–H and O–H groups in total. The van der Waals surface area contributed by atoms with E-state index in [9.17, 15) is 5.11 Å². The first-order chi connectivity index (χ1) is 16.9. The Bertz CT molecular complexity index is 1050. The summed E-state index contributed by atoms with van der Waals surface area (Å²) in [5.74, 6) is 1.38. The molecule has 7 heteroatoms. The number of ether oxygens (including phenoxy) is 2. The summed E-state index contributed by atoms with van der Waals surface area (Å²) in [6.45, 7) is 8.23. The minimum Gasteiger partial charge on any atom is -0.497 e. The molecule has 4 rings (SSSR count). The lowest BCUT2D eigenvalue weighted by Gasteiger charge is -2.36. The third-order valence-corrected chi connectivity index (χ3v) is 12.1. The van der Waals surface area contributed by atoms with Crippen LogP contribution in [0.4, 0.5) is 0 Å². The van der Waals surface area contributed by atoms with Crippen LogP contribution in [0.1, 0.15) is 31.0 Å². The second kappa shape index (κ2) is 11.5. The molecule has 35 heavy (non-hydrogen) atoms. The Morgan fingerprint density at radius 2 is 1.74 bits per heavy atom. The highest BCUT2D eigenvalue weighted by molar-refractivity contribution is 6.91. The number of aromatic nitrogens is 3. The largest absolute Gasteiger partial charge is 0.497 e. The van der Waals surface area contributed by atoms with Gasteiger partial charge in [-0.25, -0.2) is 0 Å². The van der Waals surface area contributed by atoms with Gasteiger partial charge in [-0.15, -0.1) is 5.10 Å². The van der Waals surface area contributed by atoms with E-state index in [1.165, 1.54) is 10.8 Å². The van der Waals surface area contributed by atoms with Crippen LogP contribution in [0.25, 0.3) is 0 Å². The van der Waals surface area contributed by atoms with Gasteiger partial charge in [0.05, 0.1) is 33.1 Å². The lowest BCUT2D eigenvalue weighted by Crippen LogP contribution is -2.50. The zero-order chi connectivity index (χ0) is 24.8. The monoisotopic (exact) mass is 493 g/mol. The number of nitrogens with zero attached hydrogens (tertiary/aromatic N) is 3. The molecule has 0 spiro atoms. The van der Waals surface area contributed by atoms with Gasteiger partial charge in [0.15, 0.2) is 0 Å². The molecule has 0 aliphatic carbocycles. The van der Waals surface area contributed by atoms with Gasteiger partial charge in [0.1, 0.15) is 5.75 Å². The number of hydrogen-bond donors (Lipinski definition) is 1. The van der Waals surface area contributed by atoms with Gasteiger partial charge in [0.2, 0.25) is 0 Å². The molecule has 0 saturated carbocycles. The van der Waals surface area contributed by atoms with Crippen LogP contribution >= 0.6 is 0 Å². The van der Waals surface area contributed by atoms with E-state index in [0.717, 1.165) is 37.3 Å². The van der Waals surface area contributed by atoms with Crippen molar-refractivity contribution in [3.63, 3.8) is 0 Å². The van der Waals surface area contributed by atoms with E-state index < -0.39 is 8.07 Å². The summed E-state index contributed by atoms with van der Waals surface area (Å²) in [5.41, 5.74) is 2.70. The lowest BCUT2D eigenvalue weighted by atomic mass is 9.95. The number of hydrogen-bond acceptors (Lipinski definition) is 5. The molecule has 2 heterocycles. The normalized spacial score (nSPS) is 22.4. The van der Waals surface area contributed by atoms with Crippen molar-refractivity contribution in [3.05, 3.63) is 72.1 Å². The highest BCUT2D eigenvalue weighted by atomic mass is 28.3. The molecule has 1 aliphatic heterocycles. The van der Waals surface area contributed by atoms with E-state index in [2.05, 4.69) is 84.9 Å². The zero-order valence-corrected chi connectivity index (χ0v) is 22.4. The number of aliphatic hydroxyl groups is 1. The summed E-state index contributed by atoms with van der Waals surface area (Å²) >= 11 is 0. The molecule has 0 radical (unpaired) electrons. The van der Waals surface area contributed by atoms with Crippen LogP contribution < -0.4 is 9.92 Å². The van der Waals surface area contributed by atoms with Gasteiger partial charge in [0, 0.05) is 25.8 Å². The standard InChI is InChI=1S/C28H39N3O3Si/c1-21-26(15-10-22-8-6-5-7-9-22)34-27(16-18-31-20-23(17-19-32)29-30-31)28(21)35(3,4)25-13-11-24(33-2)12-14-25/h5-9,11-14,20-21,26-28,32H,10,15-19H2,1-4H3/t21-,26+,27-,28+/m1/s1. The molecule has 4 atom stereocenters. The molecule has 1 saturated heterocycles. The van der Waals surface area contributed by atoms with Crippen molar-refractivity contribution >= 4 is 13.3 Å². The molecule has 0 amide bonds. The Hall–Kier alpha value is -2.48. The molecular formula is C28H39N3O3Si. The van der Waals surface area contributed by atoms with Crippen molar-refractivity contribution in [3.8, 4) is 5.75 Å². The molecule has 0 unspecified atom stereocenters. The maximum Gasteiger partial charge on any atom is 0.118 e. The Balaban J connectivity index is 1.53. The minimum atomic E-state index is -1.86. The fraction of sp³-hybridized carbons (Fsp3) is 0.500. The van der Waals surface area contributed by atoms with E-state index in [1.54, 1.807) is 7.11 Å². The first kappa shape index (κ1) is 25.6. The second-order valence-corrected chi connectivity index (χ2v) is 15.0. The molecule has 6 nitrogen and oxygen atoms in total. The van der Waals surface area contributed by atoms with Crippen molar-refractivity contribution in [2.45, 2.75) is 70.0 Å². The van der Waals surface area contributed by atoms with E-state index in [1.807, 2.05) is 10.9 Å². The topological polar surface area (TPSA) is 69.4 Å². The van der Waals surface area contributed by atoms with Crippen LogP contribution in [0.15, 0.2) is 60.8 Å². The van der Waals surface area contributed by atoms with Gasteiger partial charge in [-0.05, 0) is 48.4 Å². The van der Waals surface area contributed by atoms with Crippen LogP contribution in [-0.2, 0) is 24.1 Å². The quantitative estimate of drug-likeness (QED) is 0.405. The van der Waals surface area contributed by atoms with E-state index >= 15 is 0 Å². The number of rotatable bonds is 11. The predicted molar refractivity (Wildman–Crippen MR) is 142 cm³/mol. The van der Waals surface area contributed by atoms with Crippen molar-refractivity contribution < 1.29 is 14.6 Å². The molecular weight excluding hydrogens is 454 g/mol. The van der Waals surface area contributed by atoms with Crippen LogP contribution in [0.2, 0.25) is 18.6 Å². The summed E-state index contributed by atoms with van der Waals surface area (Å²) in [4.78, 5) is 0. The molecule has 2 aromatic carbocycles. The van der Waals surface area contributed by atoms with Crippen molar-refractivity contribution in [2.75, 3.05) is 13.7 Å². The Kier molecular flexibility index (Phi) is 8.41. The van der Waals surface area contributed by atoms with Gasteiger partial charge in [-0.2, -0.15) is 0 Å². The number of aryl methyl sites for hydroxylation is 2. The average Bonchev–Trinajstić information content (AvgIpc) is 3.46. The summed E-state index contributed by atoms with van der Waals surface area (Å²) in [5, 5.41) is 19.1. The molecule has 3 aromatic rings. The molecule has 1 aromatic heterocycles. The maximum absolute atomic E-state index is 9.19. The van der Waals surface area contributed by atoms with E-state index in [4.69, 9.17) is 9.47 Å². The second-order valence-electron chi connectivity index (χ2n) is 10.3. The van der Waals surface area contributed by atoms with E-state index in [0.29, 0.717) is 17.9 Å². The van der Waals surface area contributed by atoms with Gasteiger partial charge < -0.3 is 14.6 Å². The first-order valence-corrected chi connectivity index (χ1v) is 15.8. The van der Waals surface area contributed by atoms with Crippen LogP contribution in [0, 0.1) is 5.92 Å². The third kappa shape index (κ3) is 6.02. The summed E-state index contributed by atoms with van der Waals surface area (Å²) in [6, 6.07) is 19.4. The van der Waals surface area contributed by atoms with Gasteiger partial charge >= 0.3 is 0 Å². The maximum atomic E-state index is 9.19. The van der Waals surface area contributed by atoms with Crippen molar-refractivity contribution in [1.29, 1.82) is 0 Å². The van der Waals surface area contributed by atoms with Gasteiger partial charge in [0.25, 0.3) is 0 Å². The van der Waals surface area contributed by atoms with Gasteiger partial charge in [-0.1, -0.05) is 72.9 Å². The SMILES string of the molecule is COc1ccc([Si](C)(C)[C@H]2[C@H](C)[C@H](CCc3ccccc3)O[C@@H]2CCn2cc(CCO)nn2)cc1. The fourth-order valence-corrected chi connectivity index (χ4v) is 9.92. The summed E-state index contributed by atoms with van der Waals surface area (Å²) in [6.07, 6.45) is 5.89. The number of benzene rings is 2. The summed E-state index contributed by atoms with van der Waals surface area (Å²) < 4.78 is 14.2. The van der Waals surface area contributed by atoms with Crippen LogP contribution in [0.3, 0.4) is 0 Å². The summed E-state index contributed by atoms with van der Waals surface area (Å²) in [7, 11) is -0.147. The fourth-order valence-electron chi connectivity index (χ4n) is 5.81. The predicted octanol–water partition coefficient (Wildman–Crippen LogP) is 4.23. The molecule has 1 fully saturated rings. The number of aliphatic hydroxyl groups excluding tert-OH is 1. The molecule has 188 valence electrons. The van der Waals surface area contributed by atoms with Crippen LogP contribution in [0.5, 0.6) is 5.75 Å². The lowest BCUT2D eigenvalue weighted by molar-refractivity contribution is 0.0250. The minimum absolute atomic E-state index is 0.0920. The van der Waals surface area contributed by atoms with E-state index in [-0.39, 0.29) is 18.8 Å². The Morgan fingerprint density at radius 1 is 1.00 bits per heavy atom. The highest BCUT2D eigenvalue weighted by Crippen LogP contribution is 2.46. The molecule has 1 aliphatic rings. The molecule has 0 bridgehead atoms. The zero-order valence-electron chi connectivity index (χ0n) is 21.4. The highest BCUT2D eigenvalue weighted by Gasteiger charge is 2.50. The third-order valence-electron chi connectivity index (χ3n) is 7.73. The Morgan fingerprint density at radius 3 is 2.43 bits per heavy atom.